The normalized spacial score (nSPS) is 14.7. The molecule has 5 nitrogen and oxygen atoms in total. The summed E-state index contributed by atoms with van der Waals surface area (Å²) in [5.41, 5.74) is -1.63. The molecule has 3 N–H and O–H groups in total. The smallest absolute Gasteiger partial charge is 0.383 e. The van der Waals surface area contributed by atoms with Crippen molar-refractivity contribution in [2.45, 2.75) is 24.9 Å². The van der Waals surface area contributed by atoms with Crippen LogP contribution in [-0.2, 0) is 11.8 Å². The Morgan fingerprint density at radius 1 is 1.15 bits per heavy atom. The highest BCUT2D eigenvalue weighted by Gasteiger charge is 2.54. The van der Waals surface area contributed by atoms with E-state index in [-0.39, 0.29) is 0 Å². The first-order valence-corrected chi connectivity index (χ1v) is 7.53. The second kappa shape index (κ2) is 6.47. The maximum absolute atomic E-state index is 13.1. The first kappa shape index (κ1) is 21.1. The van der Waals surface area contributed by atoms with Gasteiger partial charge in [-0.3, -0.25) is 0 Å². The van der Waals surface area contributed by atoms with E-state index in [4.69, 9.17) is 34.2 Å². The lowest BCUT2D eigenvalue weighted by molar-refractivity contribution is -0.258. The molecule has 0 aliphatic carbocycles. The molecule has 146 valence electrons. The molecule has 0 amide bonds. The van der Waals surface area contributed by atoms with Gasteiger partial charge >= 0.3 is 12.4 Å². The lowest BCUT2D eigenvalue weighted by Gasteiger charge is -2.26. The Morgan fingerprint density at radius 2 is 1.63 bits per heavy atom. The van der Waals surface area contributed by atoms with Crippen LogP contribution in [0.5, 0.6) is 0 Å². The van der Waals surface area contributed by atoms with Crippen molar-refractivity contribution >= 4 is 29.0 Å². The molecule has 1 aromatic heterocycles. The van der Waals surface area contributed by atoms with E-state index in [0.717, 1.165) is 0 Å². The quantitative estimate of drug-likeness (QED) is 0.687. The number of hydrogen-bond donors (Lipinski definition) is 2. The van der Waals surface area contributed by atoms with Crippen molar-refractivity contribution in [3.63, 3.8) is 0 Å². The molecule has 1 unspecified atom stereocenters. The van der Waals surface area contributed by atoms with Crippen LogP contribution in [0.4, 0.5) is 32.2 Å². The molecular formula is C14H8Cl2F6N4O. The third-order valence-corrected chi connectivity index (χ3v) is 4.20. The molecule has 13 heteroatoms. The average Bonchev–Trinajstić information content (AvgIpc) is 2.81. The van der Waals surface area contributed by atoms with Crippen LogP contribution in [0.3, 0.4) is 0 Å². The van der Waals surface area contributed by atoms with Crippen LogP contribution in [0.2, 0.25) is 10.0 Å². The van der Waals surface area contributed by atoms with Crippen molar-refractivity contribution in [2.24, 2.45) is 0 Å². The van der Waals surface area contributed by atoms with Gasteiger partial charge in [0.15, 0.2) is 11.3 Å². The molecule has 0 saturated carbocycles. The summed E-state index contributed by atoms with van der Waals surface area (Å²) in [4.78, 5) is 0. The van der Waals surface area contributed by atoms with Crippen LogP contribution in [0.1, 0.15) is 23.7 Å². The van der Waals surface area contributed by atoms with Gasteiger partial charge < -0.3 is 10.8 Å². The summed E-state index contributed by atoms with van der Waals surface area (Å²) in [5.74, 6) is -0.863. The van der Waals surface area contributed by atoms with Crippen molar-refractivity contribution in [1.29, 1.82) is 5.26 Å². The number of anilines is 1. The van der Waals surface area contributed by atoms with Gasteiger partial charge in [-0.1, -0.05) is 23.2 Å². The van der Waals surface area contributed by atoms with Crippen LogP contribution >= 0.6 is 23.2 Å². The summed E-state index contributed by atoms with van der Waals surface area (Å²) in [7, 11) is 0. The summed E-state index contributed by atoms with van der Waals surface area (Å²) in [6.07, 6.45) is -10.0. The molecule has 2 rings (SSSR count). The molecule has 0 aliphatic rings. The summed E-state index contributed by atoms with van der Waals surface area (Å²) in [6.45, 7) is 0.349. The van der Waals surface area contributed by atoms with Crippen LogP contribution in [0.15, 0.2) is 12.1 Å². The largest absolute Gasteiger partial charge is 0.421 e. The molecule has 0 radical (unpaired) electrons. The highest BCUT2D eigenvalue weighted by atomic mass is 35.5. The minimum Gasteiger partial charge on any atom is -0.383 e. The summed E-state index contributed by atoms with van der Waals surface area (Å²) in [5, 5.41) is 21.1. The second-order valence-electron chi connectivity index (χ2n) is 5.49. The van der Waals surface area contributed by atoms with Crippen molar-refractivity contribution in [3.05, 3.63) is 39.0 Å². The number of benzene rings is 1. The number of nitriles is 1. The summed E-state index contributed by atoms with van der Waals surface area (Å²) < 4.78 is 78.3. The SMILES string of the molecule is CC(O)(c1c(C#N)nn(-c2c(Cl)cc(C(F)(F)F)cc2Cl)c1N)C(F)(F)F. The third-order valence-electron chi connectivity index (χ3n) is 3.62. The van der Waals surface area contributed by atoms with E-state index in [1.165, 1.54) is 6.07 Å². The number of nitrogens with two attached hydrogens (primary N) is 1. The zero-order valence-corrected chi connectivity index (χ0v) is 14.6. The molecule has 0 aliphatic heterocycles. The van der Waals surface area contributed by atoms with Crippen molar-refractivity contribution in [3.8, 4) is 11.8 Å². The third kappa shape index (κ3) is 3.52. The Kier molecular flexibility index (Phi) is 5.07. The number of nitrogens with zero attached hydrogens (tertiary/aromatic N) is 3. The van der Waals surface area contributed by atoms with Crippen LogP contribution in [0, 0.1) is 11.3 Å². The fourth-order valence-corrected chi connectivity index (χ4v) is 2.88. The molecule has 27 heavy (non-hydrogen) atoms. The Labute approximate surface area is 157 Å². The van der Waals surface area contributed by atoms with Gasteiger partial charge in [-0.15, -0.1) is 0 Å². The van der Waals surface area contributed by atoms with Crippen molar-refractivity contribution < 1.29 is 31.4 Å². The summed E-state index contributed by atoms with van der Waals surface area (Å²) >= 11 is 11.6. The number of hydrogen-bond acceptors (Lipinski definition) is 4. The predicted molar refractivity (Wildman–Crippen MR) is 83.3 cm³/mol. The fraction of sp³-hybridized carbons (Fsp3) is 0.286. The number of nitrogen functional groups attached to an aromatic ring is 1. The van der Waals surface area contributed by atoms with Gasteiger partial charge in [-0.05, 0) is 19.1 Å². The maximum atomic E-state index is 13.1. The van der Waals surface area contributed by atoms with Crippen molar-refractivity contribution in [1.82, 2.24) is 9.78 Å². The molecule has 2 aromatic rings. The second-order valence-corrected chi connectivity index (χ2v) is 6.30. The van der Waals surface area contributed by atoms with E-state index in [1.807, 2.05) is 0 Å². The zero-order valence-electron chi connectivity index (χ0n) is 13.0. The minimum atomic E-state index is -5.23. The molecule has 0 bridgehead atoms. The van der Waals surface area contributed by atoms with Crippen LogP contribution in [-0.4, -0.2) is 21.1 Å². The number of rotatable bonds is 2. The van der Waals surface area contributed by atoms with E-state index < -0.39 is 56.3 Å². The maximum Gasteiger partial charge on any atom is 0.421 e. The molecule has 0 saturated heterocycles. The van der Waals surface area contributed by atoms with E-state index in [1.54, 1.807) is 0 Å². The molecular weight excluding hydrogens is 425 g/mol. The minimum absolute atomic E-state index is 0.349. The van der Waals surface area contributed by atoms with E-state index in [2.05, 4.69) is 5.10 Å². The number of halogens is 8. The predicted octanol–water partition coefficient (Wildman–Crippen LogP) is 4.42. The van der Waals surface area contributed by atoms with Gasteiger partial charge in [0, 0.05) is 0 Å². The molecule has 1 atom stereocenters. The Hall–Kier alpha value is -2.16. The first-order valence-electron chi connectivity index (χ1n) is 6.77. The Balaban J connectivity index is 2.79. The zero-order chi connectivity index (χ0) is 20.9. The van der Waals surface area contributed by atoms with E-state index in [9.17, 15) is 31.4 Å². The molecule has 0 fully saturated rings. The lowest BCUT2D eigenvalue weighted by atomic mass is 9.95. The van der Waals surface area contributed by atoms with E-state index >= 15 is 0 Å². The average molecular weight is 433 g/mol. The molecule has 1 aromatic carbocycles. The van der Waals surface area contributed by atoms with Crippen LogP contribution in [0.25, 0.3) is 5.69 Å². The van der Waals surface area contributed by atoms with E-state index in [0.29, 0.717) is 23.7 Å². The van der Waals surface area contributed by atoms with Gasteiger partial charge in [0.05, 0.1) is 21.2 Å². The number of alkyl halides is 6. The van der Waals surface area contributed by atoms with Gasteiger partial charge in [0.1, 0.15) is 17.6 Å². The molecule has 1 heterocycles. The first-order chi connectivity index (χ1) is 12.1. The van der Waals surface area contributed by atoms with Gasteiger partial charge in [0.2, 0.25) is 0 Å². The monoisotopic (exact) mass is 432 g/mol. The van der Waals surface area contributed by atoms with Gasteiger partial charge in [-0.2, -0.15) is 36.7 Å². The topological polar surface area (TPSA) is 87.9 Å². The van der Waals surface area contributed by atoms with Crippen LogP contribution < -0.4 is 5.73 Å². The van der Waals surface area contributed by atoms with Crippen molar-refractivity contribution in [2.75, 3.05) is 5.73 Å². The number of aromatic nitrogens is 2. The fourth-order valence-electron chi connectivity index (χ4n) is 2.23. The van der Waals surface area contributed by atoms with Gasteiger partial charge in [-0.25, -0.2) is 4.68 Å². The molecule has 0 spiro atoms. The lowest BCUT2D eigenvalue weighted by Crippen LogP contribution is -2.40. The Morgan fingerprint density at radius 3 is 2.00 bits per heavy atom. The Bertz CT molecular complexity index is 920. The van der Waals surface area contributed by atoms with Gasteiger partial charge in [0.25, 0.3) is 0 Å². The highest BCUT2D eigenvalue weighted by Crippen LogP contribution is 2.44. The highest BCUT2D eigenvalue weighted by molar-refractivity contribution is 6.38. The standard InChI is InChI=1S/C14H8Cl2F6N4O/c1-12(27,14(20,21)22)9-8(4-23)25-26(11(9)24)10-6(15)2-5(3-7(10)16)13(17,18)19/h2-3,27H,24H2,1H3. The summed E-state index contributed by atoms with van der Waals surface area (Å²) in [6, 6.07) is 2.28. The number of aliphatic hydroxyl groups is 1.